The van der Waals surface area contributed by atoms with Crippen molar-refractivity contribution in [1.82, 2.24) is 5.32 Å². The quantitative estimate of drug-likeness (QED) is 0.844. The Bertz CT molecular complexity index is 387. The third-order valence-electron chi connectivity index (χ3n) is 3.12. The number of para-hydroxylation sites is 1. The maximum Gasteiger partial charge on any atom is 0.265 e. The van der Waals surface area contributed by atoms with Gasteiger partial charge in [-0.25, -0.2) is 8.78 Å². The van der Waals surface area contributed by atoms with Gasteiger partial charge in [0.2, 0.25) is 0 Å². The van der Waals surface area contributed by atoms with Crippen molar-refractivity contribution in [3.63, 3.8) is 0 Å². The number of nitrogens with one attached hydrogen (secondary N) is 1. The van der Waals surface area contributed by atoms with E-state index in [1.807, 2.05) is 24.3 Å². The Morgan fingerprint density at radius 3 is 2.94 bits per heavy atom. The van der Waals surface area contributed by atoms with Crippen LogP contribution < -0.4 is 10.1 Å². The Labute approximate surface area is 105 Å². The van der Waals surface area contributed by atoms with Crippen molar-refractivity contribution >= 4 is 0 Å². The first-order valence-corrected chi connectivity index (χ1v) is 6.07. The van der Waals surface area contributed by atoms with Crippen LogP contribution in [0, 0.1) is 0 Å². The largest absolute Gasteiger partial charge is 0.493 e. The van der Waals surface area contributed by atoms with E-state index >= 15 is 0 Å². The summed E-state index contributed by atoms with van der Waals surface area (Å²) in [6.45, 7) is 1.13. The summed E-state index contributed by atoms with van der Waals surface area (Å²) in [6.07, 6.45) is -3.44. The molecule has 0 amide bonds. The van der Waals surface area contributed by atoms with Crippen molar-refractivity contribution < 1.29 is 18.6 Å². The molecular weight excluding hydrogens is 240 g/mol. The van der Waals surface area contributed by atoms with E-state index in [9.17, 15) is 8.78 Å². The number of benzene rings is 1. The van der Waals surface area contributed by atoms with E-state index in [4.69, 9.17) is 9.84 Å². The van der Waals surface area contributed by atoms with Crippen LogP contribution in [-0.4, -0.2) is 37.3 Å². The van der Waals surface area contributed by atoms with Crippen molar-refractivity contribution in [3.8, 4) is 5.75 Å². The number of fused-ring (bicyclic) bond motifs is 1. The van der Waals surface area contributed by atoms with E-state index in [1.54, 1.807) is 0 Å². The predicted molar refractivity (Wildman–Crippen MR) is 64.2 cm³/mol. The summed E-state index contributed by atoms with van der Waals surface area (Å²) in [5, 5.41) is 11.9. The minimum absolute atomic E-state index is 0.0861. The van der Waals surface area contributed by atoms with Gasteiger partial charge in [-0.1, -0.05) is 18.2 Å². The molecule has 1 aromatic carbocycles. The van der Waals surface area contributed by atoms with E-state index < -0.39 is 12.5 Å². The van der Waals surface area contributed by atoms with Gasteiger partial charge in [-0.15, -0.1) is 0 Å². The van der Waals surface area contributed by atoms with Crippen LogP contribution in [0.4, 0.5) is 8.78 Å². The Morgan fingerprint density at radius 1 is 1.39 bits per heavy atom. The zero-order valence-corrected chi connectivity index (χ0v) is 9.98. The van der Waals surface area contributed by atoms with Gasteiger partial charge in [-0.2, -0.15) is 0 Å². The second kappa shape index (κ2) is 6.11. The van der Waals surface area contributed by atoms with Crippen molar-refractivity contribution in [2.24, 2.45) is 0 Å². The minimum Gasteiger partial charge on any atom is -0.493 e. The van der Waals surface area contributed by atoms with E-state index in [2.05, 4.69) is 5.32 Å². The summed E-state index contributed by atoms with van der Waals surface area (Å²) in [7, 11) is 0. The first-order valence-electron chi connectivity index (χ1n) is 6.07. The molecule has 2 unspecified atom stereocenters. The van der Waals surface area contributed by atoms with Gasteiger partial charge in [0.05, 0.1) is 6.61 Å². The molecule has 100 valence electrons. The molecule has 0 saturated heterocycles. The predicted octanol–water partition coefficient (Wildman–Crippen LogP) is 1.77. The van der Waals surface area contributed by atoms with E-state index in [0.29, 0.717) is 13.2 Å². The molecular formula is C13H17F2NO2. The number of ether oxygens (including phenoxy) is 1. The highest BCUT2D eigenvalue weighted by Gasteiger charge is 2.22. The van der Waals surface area contributed by atoms with Gasteiger partial charge in [0, 0.05) is 19.0 Å². The zero-order valence-electron chi connectivity index (χ0n) is 9.98. The van der Waals surface area contributed by atoms with Crippen LogP contribution in [0.2, 0.25) is 0 Å². The molecule has 0 fully saturated rings. The monoisotopic (exact) mass is 257 g/mol. The summed E-state index contributed by atoms with van der Waals surface area (Å²) in [5.41, 5.74) is 1.10. The van der Waals surface area contributed by atoms with Gasteiger partial charge >= 0.3 is 0 Å². The first-order chi connectivity index (χ1) is 8.68. The minimum atomic E-state index is -2.69. The van der Waals surface area contributed by atoms with Crippen LogP contribution in [0.3, 0.4) is 0 Å². The summed E-state index contributed by atoms with van der Waals surface area (Å²) in [5.74, 6) is 1.12. The summed E-state index contributed by atoms with van der Waals surface area (Å²) >= 11 is 0. The number of rotatable bonds is 5. The molecule has 2 N–H and O–H groups in total. The van der Waals surface area contributed by atoms with Gasteiger partial charge in [-0.05, 0) is 18.1 Å². The molecule has 1 aromatic rings. The number of aliphatic hydroxyl groups excluding tert-OH is 1. The molecule has 18 heavy (non-hydrogen) atoms. The van der Waals surface area contributed by atoms with E-state index in [-0.39, 0.29) is 12.5 Å². The summed E-state index contributed by atoms with van der Waals surface area (Å²) in [4.78, 5) is 0. The van der Waals surface area contributed by atoms with Crippen LogP contribution in [0.5, 0.6) is 5.75 Å². The molecule has 1 aliphatic rings. The van der Waals surface area contributed by atoms with Crippen LogP contribution in [-0.2, 0) is 0 Å². The summed E-state index contributed by atoms with van der Waals surface area (Å²) in [6, 6.07) is 7.75. The van der Waals surface area contributed by atoms with Crippen LogP contribution in [0.1, 0.15) is 17.9 Å². The van der Waals surface area contributed by atoms with Crippen molar-refractivity contribution in [3.05, 3.63) is 29.8 Å². The second-order valence-electron chi connectivity index (χ2n) is 4.43. The number of aliphatic hydroxyl groups is 1. The average molecular weight is 257 g/mol. The van der Waals surface area contributed by atoms with Gasteiger partial charge in [0.25, 0.3) is 6.43 Å². The highest BCUT2D eigenvalue weighted by atomic mass is 19.3. The van der Waals surface area contributed by atoms with Gasteiger partial charge in [0.15, 0.2) is 0 Å². The van der Waals surface area contributed by atoms with Crippen molar-refractivity contribution in [2.75, 3.05) is 19.7 Å². The molecule has 2 atom stereocenters. The normalized spacial score (nSPS) is 20.3. The number of alkyl halides is 2. The lowest BCUT2D eigenvalue weighted by molar-refractivity contribution is -0.00342. The molecule has 0 aliphatic carbocycles. The Balaban J connectivity index is 1.88. The summed E-state index contributed by atoms with van der Waals surface area (Å²) < 4.78 is 29.8. The molecule has 0 spiro atoms. The van der Waals surface area contributed by atoms with E-state index in [0.717, 1.165) is 17.7 Å². The molecule has 0 bridgehead atoms. The van der Waals surface area contributed by atoms with Crippen LogP contribution >= 0.6 is 0 Å². The lowest BCUT2D eigenvalue weighted by atomic mass is 9.93. The maximum absolute atomic E-state index is 12.1. The number of halogens is 2. The highest BCUT2D eigenvalue weighted by molar-refractivity contribution is 5.37. The van der Waals surface area contributed by atoms with Crippen LogP contribution in [0.15, 0.2) is 24.3 Å². The Kier molecular flexibility index (Phi) is 4.49. The van der Waals surface area contributed by atoms with E-state index in [1.165, 1.54) is 0 Å². The fourth-order valence-electron chi connectivity index (χ4n) is 2.12. The van der Waals surface area contributed by atoms with Gasteiger partial charge in [-0.3, -0.25) is 0 Å². The highest BCUT2D eigenvalue weighted by Crippen LogP contribution is 2.32. The molecule has 3 nitrogen and oxygen atoms in total. The maximum atomic E-state index is 12.1. The molecule has 0 radical (unpaired) electrons. The first kappa shape index (κ1) is 13.2. The molecule has 0 aromatic heterocycles. The standard InChI is InChI=1S/C13H17F2NO2/c14-13(15)11(17)8-16-7-9-5-6-18-12-4-2-1-3-10(9)12/h1-4,9,11,13,16-17H,5-8H2. The SMILES string of the molecule is OC(CNCC1CCOc2ccccc21)C(F)F. The molecule has 0 saturated carbocycles. The second-order valence-corrected chi connectivity index (χ2v) is 4.43. The lowest BCUT2D eigenvalue weighted by Crippen LogP contribution is -2.35. The topological polar surface area (TPSA) is 41.5 Å². The van der Waals surface area contributed by atoms with Crippen molar-refractivity contribution in [2.45, 2.75) is 24.9 Å². The molecule has 1 heterocycles. The van der Waals surface area contributed by atoms with Crippen molar-refractivity contribution in [1.29, 1.82) is 0 Å². The fraction of sp³-hybridized carbons (Fsp3) is 0.538. The zero-order chi connectivity index (χ0) is 13.0. The number of hydrogen-bond donors (Lipinski definition) is 2. The molecule has 1 aliphatic heterocycles. The van der Waals surface area contributed by atoms with Gasteiger partial charge in [0.1, 0.15) is 11.9 Å². The molecule has 5 heteroatoms. The third-order valence-corrected chi connectivity index (χ3v) is 3.12. The van der Waals surface area contributed by atoms with Crippen LogP contribution in [0.25, 0.3) is 0 Å². The lowest BCUT2D eigenvalue weighted by Gasteiger charge is -2.26. The Hall–Kier alpha value is -1.20. The fourth-order valence-corrected chi connectivity index (χ4v) is 2.12. The smallest absolute Gasteiger partial charge is 0.265 e. The number of hydrogen-bond acceptors (Lipinski definition) is 3. The van der Waals surface area contributed by atoms with Gasteiger partial charge < -0.3 is 15.2 Å². The average Bonchev–Trinajstić information content (AvgIpc) is 2.38. The third kappa shape index (κ3) is 3.17. The molecule has 2 rings (SSSR count). The Morgan fingerprint density at radius 2 is 2.17 bits per heavy atom.